The van der Waals surface area contributed by atoms with Crippen molar-refractivity contribution in [3.05, 3.63) is 64.8 Å². The summed E-state index contributed by atoms with van der Waals surface area (Å²) in [5.41, 5.74) is 1.88. The molecule has 1 heterocycles. The summed E-state index contributed by atoms with van der Waals surface area (Å²) in [7, 11) is 0. The molecule has 0 spiro atoms. The number of nitrogens with zero attached hydrogens (tertiary/aromatic N) is 2. The van der Waals surface area contributed by atoms with Crippen molar-refractivity contribution in [2.24, 2.45) is 0 Å². The summed E-state index contributed by atoms with van der Waals surface area (Å²) >= 11 is 0. The van der Waals surface area contributed by atoms with Gasteiger partial charge < -0.3 is 5.11 Å². The number of aromatic nitrogens is 1. The molecule has 0 radical (unpaired) electrons. The number of rotatable bonds is 2. The second-order valence-corrected chi connectivity index (χ2v) is 4.34. The van der Waals surface area contributed by atoms with Gasteiger partial charge in [0, 0.05) is 28.8 Å². The van der Waals surface area contributed by atoms with E-state index < -0.39 is 4.92 Å². The second kappa shape index (κ2) is 4.62. The van der Waals surface area contributed by atoms with Crippen LogP contribution in [0.2, 0.25) is 0 Å². The molecule has 0 fully saturated rings. The zero-order chi connectivity index (χ0) is 14.1. The number of phenolic OH excluding ortho intramolecular Hbond substituents is 1. The van der Waals surface area contributed by atoms with Gasteiger partial charge in [-0.05, 0) is 12.1 Å². The Bertz CT molecular complexity index is 810. The van der Waals surface area contributed by atoms with Gasteiger partial charge in [-0.1, -0.05) is 24.3 Å². The van der Waals surface area contributed by atoms with E-state index in [-0.39, 0.29) is 11.4 Å². The molecule has 0 aliphatic heterocycles. The molecule has 0 aliphatic carbocycles. The van der Waals surface area contributed by atoms with Crippen molar-refractivity contribution >= 4 is 16.6 Å². The van der Waals surface area contributed by atoms with E-state index in [0.717, 1.165) is 22.5 Å². The number of para-hydroxylation sites is 1. The monoisotopic (exact) mass is 266 g/mol. The van der Waals surface area contributed by atoms with E-state index in [1.54, 1.807) is 6.20 Å². The van der Waals surface area contributed by atoms with Gasteiger partial charge in [-0.2, -0.15) is 0 Å². The van der Waals surface area contributed by atoms with Crippen LogP contribution in [0.1, 0.15) is 0 Å². The van der Waals surface area contributed by atoms with Gasteiger partial charge in [-0.3, -0.25) is 15.1 Å². The van der Waals surface area contributed by atoms with E-state index in [9.17, 15) is 15.2 Å². The highest BCUT2D eigenvalue weighted by Gasteiger charge is 2.13. The number of nitro benzene ring substituents is 1. The highest BCUT2D eigenvalue weighted by Crippen LogP contribution is 2.35. The average Bonchev–Trinajstić information content (AvgIpc) is 2.46. The van der Waals surface area contributed by atoms with Crippen molar-refractivity contribution in [3.8, 4) is 16.9 Å². The quantitative estimate of drug-likeness (QED) is 0.568. The minimum absolute atomic E-state index is 0.127. The summed E-state index contributed by atoms with van der Waals surface area (Å²) in [6.45, 7) is 0. The van der Waals surface area contributed by atoms with Crippen LogP contribution in [0.15, 0.2) is 54.7 Å². The van der Waals surface area contributed by atoms with Crippen LogP contribution >= 0.6 is 0 Å². The van der Waals surface area contributed by atoms with Gasteiger partial charge in [-0.15, -0.1) is 0 Å². The van der Waals surface area contributed by atoms with E-state index in [1.807, 2.05) is 30.3 Å². The number of aromatic hydroxyl groups is 1. The average molecular weight is 266 g/mol. The van der Waals surface area contributed by atoms with Gasteiger partial charge in [0.05, 0.1) is 16.5 Å². The minimum atomic E-state index is -0.537. The molecular weight excluding hydrogens is 256 g/mol. The fourth-order valence-electron chi connectivity index (χ4n) is 2.18. The first-order valence-electron chi connectivity index (χ1n) is 5.98. The van der Waals surface area contributed by atoms with Crippen LogP contribution in [0.4, 0.5) is 5.69 Å². The van der Waals surface area contributed by atoms with E-state index >= 15 is 0 Å². The fourth-order valence-corrected chi connectivity index (χ4v) is 2.18. The van der Waals surface area contributed by atoms with E-state index in [0.29, 0.717) is 5.56 Å². The number of hydrogen-bond donors (Lipinski definition) is 1. The third kappa shape index (κ3) is 1.95. The van der Waals surface area contributed by atoms with Crippen LogP contribution in [0.3, 0.4) is 0 Å². The standard InChI is InChI=1S/C15H10N2O3/c18-14-9-11(17(19)20)6-7-12(14)13-5-1-3-10-4-2-8-16-15(10)13/h1-9,18H. The Morgan fingerprint density at radius 3 is 2.60 bits per heavy atom. The lowest BCUT2D eigenvalue weighted by Gasteiger charge is -2.07. The Kier molecular flexibility index (Phi) is 2.80. The lowest BCUT2D eigenvalue weighted by atomic mass is 10.0. The molecule has 3 rings (SSSR count). The second-order valence-electron chi connectivity index (χ2n) is 4.34. The Hall–Kier alpha value is -2.95. The first kappa shape index (κ1) is 12.1. The lowest BCUT2D eigenvalue weighted by Crippen LogP contribution is -1.89. The highest BCUT2D eigenvalue weighted by molar-refractivity contribution is 5.95. The summed E-state index contributed by atoms with van der Waals surface area (Å²) < 4.78 is 0. The van der Waals surface area contributed by atoms with Gasteiger partial charge in [0.25, 0.3) is 5.69 Å². The van der Waals surface area contributed by atoms with Gasteiger partial charge in [-0.25, -0.2) is 0 Å². The molecule has 98 valence electrons. The maximum absolute atomic E-state index is 10.7. The number of fused-ring (bicyclic) bond motifs is 1. The van der Waals surface area contributed by atoms with Crippen LogP contribution in [0.25, 0.3) is 22.0 Å². The van der Waals surface area contributed by atoms with Gasteiger partial charge in [0.15, 0.2) is 0 Å². The molecule has 0 amide bonds. The van der Waals surface area contributed by atoms with Crippen molar-refractivity contribution in [2.45, 2.75) is 0 Å². The van der Waals surface area contributed by atoms with Crippen molar-refractivity contribution in [2.75, 3.05) is 0 Å². The first-order valence-corrected chi connectivity index (χ1v) is 5.98. The Labute approximate surface area is 114 Å². The molecular formula is C15H10N2O3. The topological polar surface area (TPSA) is 76.3 Å². The predicted octanol–water partition coefficient (Wildman–Crippen LogP) is 3.52. The van der Waals surface area contributed by atoms with E-state index in [2.05, 4.69) is 4.98 Å². The Morgan fingerprint density at radius 1 is 1.05 bits per heavy atom. The molecule has 5 heteroatoms. The Balaban J connectivity index is 2.23. The summed E-state index contributed by atoms with van der Waals surface area (Å²) in [6, 6.07) is 13.4. The van der Waals surface area contributed by atoms with Crippen LogP contribution in [-0.4, -0.2) is 15.0 Å². The normalized spacial score (nSPS) is 10.6. The number of nitro groups is 1. The van der Waals surface area contributed by atoms with E-state index in [1.165, 1.54) is 12.1 Å². The SMILES string of the molecule is O=[N+]([O-])c1ccc(-c2cccc3cccnc23)c(O)c1. The number of hydrogen-bond acceptors (Lipinski definition) is 4. The lowest BCUT2D eigenvalue weighted by molar-refractivity contribution is -0.384. The van der Waals surface area contributed by atoms with Gasteiger partial charge in [0.1, 0.15) is 5.75 Å². The van der Waals surface area contributed by atoms with Gasteiger partial charge in [0.2, 0.25) is 0 Å². The van der Waals surface area contributed by atoms with Crippen molar-refractivity contribution < 1.29 is 10.0 Å². The van der Waals surface area contributed by atoms with E-state index in [4.69, 9.17) is 0 Å². The third-order valence-corrected chi connectivity index (χ3v) is 3.12. The Morgan fingerprint density at radius 2 is 1.85 bits per heavy atom. The van der Waals surface area contributed by atoms with Crippen LogP contribution in [0, 0.1) is 10.1 Å². The molecule has 0 atom stereocenters. The molecule has 2 aromatic carbocycles. The molecule has 0 aliphatic rings. The van der Waals surface area contributed by atoms with Crippen LogP contribution in [0.5, 0.6) is 5.75 Å². The zero-order valence-electron chi connectivity index (χ0n) is 10.4. The summed E-state index contributed by atoms with van der Waals surface area (Å²) in [6.07, 6.45) is 1.67. The number of non-ortho nitro benzene ring substituents is 1. The van der Waals surface area contributed by atoms with Crippen LogP contribution in [-0.2, 0) is 0 Å². The molecule has 5 nitrogen and oxygen atoms in total. The van der Waals surface area contributed by atoms with Crippen molar-refractivity contribution in [1.29, 1.82) is 0 Å². The predicted molar refractivity (Wildman–Crippen MR) is 75.5 cm³/mol. The largest absolute Gasteiger partial charge is 0.507 e. The van der Waals surface area contributed by atoms with Crippen molar-refractivity contribution in [3.63, 3.8) is 0 Å². The summed E-state index contributed by atoms with van der Waals surface area (Å²) in [4.78, 5) is 14.5. The third-order valence-electron chi connectivity index (χ3n) is 3.12. The number of pyridine rings is 1. The highest BCUT2D eigenvalue weighted by atomic mass is 16.6. The van der Waals surface area contributed by atoms with Crippen LogP contribution < -0.4 is 0 Å². The molecule has 20 heavy (non-hydrogen) atoms. The summed E-state index contributed by atoms with van der Waals surface area (Å²) in [5.74, 6) is -0.127. The maximum Gasteiger partial charge on any atom is 0.273 e. The first-order chi connectivity index (χ1) is 9.66. The molecule has 0 bridgehead atoms. The number of phenols is 1. The molecule has 1 N–H and O–H groups in total. The van der Waals surface area contributed by atoms with Gasteiger partial charge >= 0.3 is 0 Å². The molecule has 3 aromatic rings. The molecule has 0 unspecified atom stereocenters. The zero-order valence-corrected chi connectivity index (χ0v) is 10.4. The molecule has 1 aromatic heterocycles. The smallest absolute Gasteiger partial charge is 0.273 e. The summed E-state index contributed by atoms with van der Waals surface area (Å²) in [5, 5.41) is 21.7. The minimum Gasteiger partial charge on any atom is -0.507 e. The molecule has 0 saturated heterocycles. The maximum atomic E-state index is 10.7. The van der Waals surface area contributed by atoms with Crippen molar-refractivity contribution in [1.82, 2.24) is 4.98 Å². The fraction of sp³-hybridized carbons (Fsp3) is 0. The molecule has 0 saturated carbocycles. The number of benzene rings is 2.